The van der Waals surface area contributed by atoms with Crippen LogP contribution in [0.15, 0.2) is 18.5 Å². The van der Waals surface area contributed by atoms with Crippen LogP contribution in [0.25, 0.3) is 0 Å². The van der Waals surface area contributed by atoms with Crippen molar-refractivity contribution < 1.29 is 4.39 Å². The molecular formula is C12H19ClFN3. The first-order valence-electron chi connectivity index (χ1n) is 5.77. The smallest absolute Gasteiger partial charge is 0.141 e. The molecule has 5 heteroatoms. The van der Waals surface area contributed by atoms with Crippen LogP contribution < -0.4 is 5.32 Å². The molecule has 1 saturated heterocycles. The van der Waals surface area contributed by atoms with E-state index in [1.165, 1.54) is 19.0 Å². The Hall–Kier alpha value is -0.710. The van der Waals surface area contributed by atoms with E-state index in [-0.39, 0.29) is 18.2 Å². The van der Waals surface area contributed by atoms with Crippen LogP contribution in [-0.4, -0.2) is 36.1 Å². The lowest BCUT2D eigenvalue weighted by atomic mass is 10.0. The Balaban J connectivity index is 0.00000144. The van der Waals surface area contributed by atoms with Crippen molar-refractivity contribution in [1.29, 1.82) is 0 Å². The van der Waals surface area contributed by atoms with Gasteiger partial charge in [0.25, 0.3) is 0 Å². The summed E-state index contributed by atoms with van der Waals surface area (Å²) in [5.74, 6) is -0.248. The minimum atomic E-state index is -0.248. The molecule has 3 nitrogen and oxygen atoms in total. The van der Waals surface area contributed by atoms with E-state index in [9.17, 15) is 4.39 Å². The van der Waals surface area contributed by atoms with Gasteiger partial charge in [0.1, 0.15) is 5.82 Å². The molecule has 1 aliphatic rings. The van der Waals surface area contributed by atoms with Crippen molar-refractivity contribution in [2.75, 3.05) is 20.1 Å². The highest BCUT2D eigenvalue weighted by atomic mass is 35.5. The average Bonchev–Trinajstić information content (AvgIpc) is 2.30. The van der Waals surface area contributed by atoms with Crippen LogP contribution in [-0.2, 0) is 6.54 Å². The number of piperidine rings is 1. The first-order valence-corrected chi connectivity index (χ1v) is 5.77. The van der Waals surface area contributed by atoms with Gasteiger partial charge in [0.2, 0.25) is 0 Å². The lowest BCUT2D eigenvalue weighted by Crippen LogP contribution is -2.40. The Labute approximate surface area is 108 Å². The molecule has 96 valence electrons. The molecule has 2 heterocycles. The van der Waals surface area contributed by atoms with Gasteiger partial charge in [-0.1, -0.05) is 0 Å². The number of nitrogens with one attached hydrogen (secondary N) is 1. The van der Waals surface area contributed by atoms with Crippen LogP contribution in [0.1, 0.15) is 18.4 Å². The number of hydrogen-bond donors (Lipinski definition) is 1. The monoisotopic (exact) mass is 259 g/mol. The Kier molecular flexibility index (Phi) is 5.82. The molecular weight excluding hydrogens is 241 g/mol. The lowest BCUT2D eigenvalue weighted by molar-refractivity contribution is 0.194. The van der Waals surface area contributed by atoms with Crippen LogP contribution in [0.2, 0.25) is 0 Å². The van der Waals surface area contributed by atoms with Crippen molar-refractivity contribution in [1.82, 2.24) is 15.2 Å². The van der Waals surface area contributed by atoms with Crippen molar-refractivity contribution in [3.8, 4) is 0 Å². The third kappa shape index (κ3) is 4.22. The second-order valence-corrected chi connectivity index (χ2v) is 4.35. The van der Waals surface area contributed by atoms with E-state index >= 15 is 0 Å². The van der Waals surface area contributed by atoms with Gasteiger partial charge >= 0.3 is 0 Å². The van der Waals surface area contributed by atoms with Crippen LogP contribution in [0, 0.1) is 5.82 Å². The minimum absolute atomic E-state index is 0. The Morgan fingerprint density at radius 1 is 1.41 bits per heavy atom. The van der Waals surface area contributed by atoms with Crippen molar-refractivity contribution >= 4 is 12.4 Å². The zero-order valence-corrected chi connectivity index (χ0v) is 10.8. The van der Waals surface area contributed by atoms with Crippen LogP contribution in [0.3, 0.4) is 0 Å². The molecule has 0 unspecified atom stereocenters. The molecule has 0 aromatic carbocycles. The number of pyridine rings is 1. The highest BCUT2D eigenvalue weighted by molar-refractivity contribution is 5.85. The SMILES string of the molecule is CNC1CCN(Cc2cncc(F)c2)CC1.Cl. The van der Waals surface area contributed by atoms with Crippen molar-refractivity contribution in [2.45, 2.75) is 25.4 Å². The maximum atomic E-state index is 12.9. The number of rotatable bonds is 3. The molecule has 0 aliphatic carbocycles. The lowest BCUT2D eigenvalue weighted by Gasteiger charge is -2.31. The van der Waals surface area contributed by atoms with Crippen molar-refractivity contribution in [3.05, 3.63) is 29.8 Å². The predicted molar refractivity (Wildman–Crippen MR) is 68.8 cm³/mol. The van der Waals surface area contributed by atoms with Gasteiger partial charge in [-0.05, 0) is 44.6 Å². The first kappa shape index (κ1) is 14.4. The second kappa shape index (κ2) is 6.89. The summed E-state index contributed by atoms with van der Waals surface area (Å²) in [6.45, 7) is 2.95. The summed E-state index contributed by atoms with van der Waals surface area (Å²) in [5, 5.41) is 3.30. The van der Waals surface area contributed by atoms with Gasteiger partial charge < -0.3 is 5.32 Å². The third-order valence-electron chi connectivity index (χ3n) is 3.16. The van der Waals surface area contributed by atoms with E-state index in [0.29, 0.717) is 6.04 Å². The summed E-state index contributed by atoms with van der Waals surface area (Å²) in [7, 11) is 2.01. The van der Waals surface area contributed by atoms with Crippen LogP contribution >= 0.6 is 12.4 Å². The molecule has 2 rings (SSSR count). The average molecular weight is 260 g/mol. The van der Waals surface area contributed by atoms with E-state index in [1.54, 1.807) is 12.3 Å². The molecule has 17 heavy (non-hydrogen) atoms. The van der Waals surface area contributed by atoms with Gasteiger partial charge in [-0.25, -0.2) is 4.39 Å². The Bertz CT molecular complexity index is 340. The molecule has 1 aromatic heterocycles. The van der Waals surface area contributed by atoms with E-state index in [4.69, 9.17) is 0 Å². The van der Waals surface area contributed by atoms with E-state index < -0.39 is 0 Å². The fourth-order valence-corrected chi connectivity index (χ4v) is 2.18. The maximum absolute atomic E-state index is 12.9. The fourth-order valence-electron chi connectivity index (χ4n) is 2.18. The van der Waals surface area contributed by atoms with Gasteiger partial charge in [0, 0.05) is 18.8 Å². The largest absolute Gasteiger partial charge is 0.317 e. The van der Waals surface area contributed by atoms with Gasteiger partial charge in [0.05, 0.1) is 6.20 Å². The molecule has 1 N–H and O–H groups in total. The van der Waals surface area contributed by atoms with E-state index in [0.717, 1.165) is 25.2 Å². The molecule has 0 saturated carbocycles. The molecule has 0 atom stereocenters. The Morgan fingerprint density at radius 2 is 2.12 bits per heavy atom. The molecule has 0 amide bonds. The van der Waals surface area contributed by atoms with Crippen molar-refractivity contribution in [2.24, 2.45) is 0 Å². The summed E-state index contributed by atoms with van der Waals surface area (Å²) in [5.41, 5.74) is 0.961. The standard InChI is InChI=1S/C12H18FN3.ClH/c1-14-12-2-4-16(5-3-12)9-10-6-11(13)8-15-7-10;/h6-8,12,14H,2-5,9H2,1H3;1H. The Morgan fingerprint density at radius 3 is 2.71 bits per heavy atom. The molecule has 0 spiro atoms. The first-order chi connectivity index (χ1) is 7.78. The topological polar surface area (TPSA) is 28.2 Å². The highest BCUT2D eigenvalue weighted by Gasteiger charge is 2.17. The number of aromatic nitrogens is 1. The van der Waals surface area contributed by atoms with E-state index in [2.05, 4.69) is 15.2 Å². The second-order valence-electron chi connectivity index (χ2n) is 4.35. The summed E-state index contributed by atoms with van der Waals surface area (Å²) in [4.78, 5) is 6.22. The normalized spacial score (nSPS) is 17.8. The zero-order valence-electron chi connectivity index (χ0n) is 10.0. The maximum Gasteiger partial charge on any atom is 0.141 e. The summed E-state index contributed by atoms with van der Waals surface area (Å²) in [6.07, 6.45) is 5.32. The zero-order chi connectivity index (χ0) is 11.4. The number of hydrogen-bond acceptors (Lipinski definition) is 3. The van der Waals surface area contributed by atoms with Gasteiger partial charge in [-0.3, -0.25) is 9.88 Å². The number of nitrogens with zero attached hydrogens (tertiary/aromatic N) is 2. The summed E-state index contributed by atoms with van der Waals surface area (Å²) < 4.78 is 12.9. The summed E-state index contributed by atoms with van der Waals surface area (Å²) in [6, 6.07) is 2.21. The predicted octanol–water partition coefficient (Wildman–Crippen LogP) is 1.83. The number of halogens is 2. The summed E-state index contributed by atoms with van der Waals surface area (Å²) >= 11 is 0. The van der Waals surface area contributed by atoms with Crippen LogP contribution in [0.4, 0.5) is 4.39 Å². The van der Waals surface area contributed by atoms with Crippen molar-refractivity contribution in [3.63, 3.8) is 0 Å². The quantitative estimate of drug-likeness (QED) is 0.898. The molecule has 0 radical (unpaired) electrons. The van der Waals surface area contributed by atoms with Gasteiger partial charge in [0.15, 0.2) is 0 Å². The molecule has 0 bridgehead atoms. The van der Waals surface area contributed by atoms with Crippen LogP contribution in [0.5, 0.6) is 0 Å². The molecule has 1 aliphatic heterocycles. The molecule has 1 aromatic rings. The number of likely N-dealkylation sites (tertiary alicyclic amines) is 1. The molecule has 1 fully saturated rings. The van der Waals surface area contributed by atoms with Gasteiger partial charge in [-0.15, -0.1) is 12.4 Å². The minimum Gasteiger partial charge on any atom is -0.317 e. The van der Waals surface area contributed by atoms with Gasteiger partial charge in [-0.2, -0.15) is 0 Å². The van der Waals surface area contributed by atoms with E-state index in [1.807, 2.05) is 7.05 Å². The fraction of sp³-hybridized carbons (Fsp3) is 0.583. The third-order valence-corrected chi connectivity index (χ3v) is 3.16. The highest BCUT2D eigenvalue weighted by Crippen LogP contribution is 2.13.